The highest BCUT2D eigenvalue weighted by atomic mass is 32.2. The molecule has 6 rings (SSSR count). The smallest absolute Gasteiger partial charge is 0.265 e. The highest BCUT2D eigenvalue weighted by Gasteiger charge is 2.48. The van der Waals surface area contributed by atoms with Crippen molar-refractivity contribution in [2.45, 2.75) is 50.0 Å². The van der Waals surface area contributed by atoms with Crippen LogP contribution in [0.2, 0.25) is 0 Å². The van der Waals surface area contributed by atoms with Crippen molar-refractivity contribution in [2.75, 3.05) is 32.4 Å². The second-order valence-electron chi connectivity index (χ2n) is 12.2. The van der Waals surface area contributed by atoms with Crippen molar-refractivity contribution < 1.29 is 17.7 Å². The van der Waals surface area contributed by atoms with Crippen molar-refractivity contribution in [1.29, 1.82) is 0 Å². The molecule has 0 aromatic heterocycles. The van der Waals surface area contributed by atoms with Crippen molar-refractivity contribution in [3.63, 3.8) is 0 Å². The minimum absolute atomic E-state index is 0.107. The van der Waals surface area contributed by atoms with Crippen molar-refractivity contribution in [3.8, 4) is 0 Å². The molecule has 2 heterocycles. The summed E-state index contributed by atoms with van der Waals surface area (Å²) in [6, 6.07) is 42.0. The maximum atomic E-state index is 11.6. The van der Waals surface area contributed by atoms with E-state index in [1.54, 1.807) is 0 Å². The van der Waals surface area contributed by atoms with Crippen LogP contribution in [0, 0.1) is 0 Å². The molecule has 2 aliphatic heterocycles. The minimum Gasteiger partial charge on any atom is -0.387 e. The van der Waals surface area contributed by atoms with E-state index in [4.69, 9.17) is 4.18 Å². The number of hydrogen-bond acceptors (Lipinski definition) is 6. The Morgan fingerprint density at radius 2 is 0.932 bits per heavy atom. The monoisotopic (exact) mass is 612 g/mol. The first-order valence-electron chi connectivity index (χ1n) is 15.5. The minimum atomic E-state index is -3.46. The molecule has 4 aromatic carbocycles. The SMILES string of the molecule is CCC1(O)CN(C(c2ccccc2)c2ccccc2)C1.CCC1(OS(C)(=O)=O)CN(C(c2ccccc2)c2ccccc2)C1. The van der Waals surface area contributed by atoms with Crippen LogP contribution in [0.4, 0.5) is 0 Å². The molecule has 0 bridgehead atoms. The van der Waals surface area contributed by atoms with E-state index in [-0.39, 0.29) is 12.1 Å². The zero-order chi connectivity index (χ0) is 31.2. The average Bonchev–Trinajstić information content (AvgIpc) is 3.01. The summed E-state index contributed by atoms with van der Waals surface area (Å²) in [6.45, 7) is 6.73. The lowest BCUT2D eigenvalue weighted by Gasteiger charge is -2.51. The van der Waals surface area contributed by atoms with Gasteiger partial charge in [-0.3, -0.25) is 14.0 Å². The molecule has 4 aromatic rings. The third kappa shape index (κ3) is 7.65. The molecule has 2 fully saturated rings. The zero-order valence-electron chi connectivity index (χ0n) is 25.9. The highest BCUT2D eigenvalue weighted by molar-refractivity contribution is 7.86. The topological polar surface area (TPSA) is 70.1 Å². The summed E-state index contributed by atoms with van der Waals surface area (Å²) in [5, 5.41) is 10.3. The summed E-state index contributed by atoms with van der Waals surface area (Å²) in [5.74, 6) is 0. The van der Waals surface area contributed by atoms with E-state index in [0.717, 1.165) is 25.8 Å². The van der Waals surface area contributed by atoms with Gasteiger partial charge in [-0.25, -0.2) is 0 Å². The van der Waals surface area contributed by atoms with Gasteiger partial charge >= 0.3 is 0 Å². The lowest BCUT2D eigenvalue weighted by Crippen LogP contribution is -2.64. The average molecular weight is 613 g/mol. The summed E-state index contributed by atoms with van der Waals surface area (Å²) < 4.78 is 28.5. The third-order valence-electron chi connectivity index (χ3n) is 8.80. The molecule has 1 N–H and O–H groups in total. The molecule has 232 valence electrons. The summed E-state index contributed by atoms with van der Waals surface area (Å²) >= 11 is 0. The van der Waals surface area contributed by atoms with Crippen LogP contribution in [0.1, 0.15) is 61.0 Å². The largest absolute Gasteiger partial charge is 0.387 e. The predicted octanol–water partition coefficient (Wildman–Crippen LogP) is 6.45. The summed E-state index contributed by atoms with van der Waals surface area (Å²) in [7, 11) is -3.46. The number of aliphatic hydroxyl groups is 1. The number of hydrogen-bond donors (Lipinski definition) is 1. The summed E-state index contributed by atoms with van der Waals surface area (Å²) in [5.41, 5.74) is 3.88. The van der Waals surface area contributed by atoms with Crippen molar-refractivity contribution in [3.05, 3.63) is 144 Å². The van der Waals surface area contributed by atoms with E-state index in [9.17, 15) is 13.5 Å². The van der Waals surface area contributed by atoms with E-state index in [2.05, 4.69) is 89.5 Å². The molecule has 0 unspecified atom stereocenters. The molecule has 0 saturated carbocycles. The molecular weight excluding hydrogens is 568 g/mol. The molecule has 7 heteroatoms. The van der Waals surface area contributed by atoms with Gasteiger partial charge < -0.3 is 5.11 Å². The molecule has 0 spiro atoms. The Balaban J connectivity index is 0.000000177. The van der Waals surface area contributed by atoms with Crippen LogP contribution in [0.25, 0.3) is 0 Å². The van der Waals surface area contributed by atoms with Crippen molar-refractivity contribution >= 4 is 10.1 Å². The molecule has 6 nitrogen and oxygen atoms in total. The van der Waals surface area contributed by atoms with E-state index in [1.807, 2.05) is 55.5 Å². The van der Waals surface area contributed by atoms with E-state index in [0.29, 0.717) is 19.5 Å². The third-order valence-corrected chi connectivity index (χ3v) is 9.46. The number of benzene rings is 4. The van der Waals surface area contributed by atoms with Crippen LogP contribution in [0.15, 0.2) is 121 Å². The molecule has 44 heavy (non-hydrogen) atoms. The van der Waals surface area contributed by atoms with Crippen LogP contribution in [-0.4, -0.2) is 67.0 Å². The van der Waals surface area contributed by atoms with Crippen molar-refractivity contribution in [2.24, 2.45) is 0 Å². The molecule has 0 radical (unpaired) electrons. The zero-order valence-corrected chi connectivity index (χ0v) is 26.7. The van der Waals surface area contributed by atoms with Gasteiger partial charge in [-0.15, -0.1) is 0 Å². The second-order valence-corrected chi connectivity index (χ2v) is 13.7. The Labute approximate surface area is 263 Å². The van der Waals surface area contributed by atoms with Crippen LogP contribution in [-0.2, 0) is 14.3 Å². The first kappa shape index (κ1) is 32.1. The first-order valence-corrected chi connectivity index (χ1v) is 17.3. The summed E-state index contributed by atoms with van der Waals surface area (Å²) in [4.78, 5) is 4.63. The molecule has 2 aliphatic rings. The van der Waals surface area contributed by atoms with Gasteiger partial charge in [-0.05, 0) is 35.1 Å². The van der Waals surface area contributed by atoms with E-state index >= 15 is 0 Å². The van der Waals surface area contributed by atoms with E-state index < -0.39 is 21.3 Å². The maximum Gasteiger partial charge on any atom is 0.265 e. The highest BCUT2D eigenvalue weighted by Crippen LogP contribution is 2.40. The fourth-order valence-corrected chi connectivity index (χ4v) is 7.28. The first-order chi connectivity index (χ1) is 21.1. The van der Waals surface area contributed by atoms with Crippen LogP contribution in [0.5, 0.6) is 0 Å². The number of β-amino-alcohol motifs (C(OH)–C–C–N with tert-alkyl or cyclic N) is 1. The standard InChI is InChI=1S/C19H23NO3S.C18H21NO/c1-3-19(23-24(2,21)22)14-20(15-19)18(16-10-6-4-7-11-16)17-12-8-5-9-13-17;1-2-18(20)13-19(14-18)17(15-9-5-3-6-10-15)16-11-7-4-8-12-16/h4-13,18H,3,14-15H2,1-2H3;3-12,17,20H,2,13-14H2,1H3. The second kappa shape index (κ2) is 13.8. The fourth-order valence-electron chi connectivity index (χ4n) is 6.42. The lowest BCUT2D eigenvalue weighted by molar-refractivity contribution is -0.112. The molecule has 0 aliphatic carbocycles. The Kier molecular flexibility index (Phi) is 10.0. The Bertz CT molecular complexity index is 1480. The van der Waals surface area contributed by atoms with Gasteiger partial charge in [0.2, 0.25) is 0 Å². The lowest BCUT2D eigenvalue weighted by atomic mass is 9.86. The quantitative estimate of drug-likeness (QED) is 0.208. The number of rotatable bonds is 10. The molecular formula is C37H44N2O4S. The Morgan fingerprint density at radius 1 is 0.614 bits per heavy atom. The van der Waals surface area contributed by atoms with Gasteiger partial charge in [0, 0.05) is 26.2 Å². The van der Waals surface area contributed by atoms with Gasteiger partial charge in [0.1, 0.15) is 5.60 Å². The summed E-state index contributed by atoms with van der Waals surface area (Å²) in [6.07, 6.45) is 2.62. The molecule has 2 saturated heterocycles. The fraction of sp³-hybridized carbons (Fsp3) is 0.351. The molecule has 0 amide bonds. The number of nitrogens with zero attached hydrogens (tertiary/aromatic N) is 2. The van der Waals surface area contributed by atoms with Gasteiger partial charge in [0.05, 0.1) is 23.9 Å². The maximum absolute atomic E-state index is 11.6. The number of likely N-dealkylation sites (tertiary alicyclic amines) is 2. The predicted molar refractivity (Wildman–Crippen MR) is 177 cm³/mol. The molecule has 0 atom stereocenters. The van der Waals surface area contributed by atoms with Crippen LogP contribution < -0.4 is 0 Å². The van der Waals surface area contributed by atoms with Gasteiger partial charge in [0.15, 0.2) is 0 Å². The van der Waals surface area contributed by atoms with Gasteiger partial charge in [-0.1, -0.05) is 135 Å². The van der Waals surface area contributed by atoms with Crippen molar-refractivity contribution in [1.82, 2.24) is 9.80 Å². The van der Waals surface area contributed by atoms with E-state index in [1.165, 1.54) is 22.3 Å². The van der Waals surface area contributed by atoms with Crippen LogP contribution in [0.3, 0.4) is 0 Å². The Hall–Kier alpha value is -3.33. The van der Waals surface area contributed by atoms with Gasteiger partial charge in [-0.2, -0.15) is 8.42 Å². The normalized spacial score (nSPS) is 17.8. The van der Waals surface area contributed by atoms with Gasteiger partial charge in [0.25, 0.3) is 10.1 Å². The Morgan fingerprint density at radius 3 is 1.20 bits per heavy atom. The van der Waals surface area contributed by atoms with Crippen LogP contribution >= 0.6 is 0 Å².